The lowest BCUT2D eigenvalue weighted by Gasteiger charge is -2.43. The third-order valence-electron chi connectivity index (χ3n) is 5.09. The first kappa shape index (κ1) is 11.2. The van der Waals surface area contributed by atoms with Crippen LogP contribution in [0.5, 0.6) is 0 Å². The largest absolute Gasteiger partial charge is 0.396 e. The summed E-state index contributed by atoms with van der Waals surface area (Å²) in [6, 6.07) is 0. The van der Waals surface area contributed by atoms with Gasteiger partial charge in [-0.3, -0.25) is 0 Å². The zero-order valence-corrected chi connectivity index (χ0v) is 10.1. The van der Waals surface area contributed by atoms with E-state index in [1.807, 2.05) is 0 Å². The highest BCUT2D eigenvalue weighted by Gasteiger charge is 2.50. The normalized spacial score (nSPS) is 42.7. The van der Waals surface area contributed by atoms with Gasteiger partial charge in [0.15, 0.2) is 0 Å². The van der Waals surface area contributed by atoms with Crippen molar-refractivity contribution in [3.8, 4) is 0 Å². The Balaban J connectivity index is 2.21. The Morgan fingerprint density at radius 3 is 2.93 bits per heavy atom. The summed E-state index contributed by atoms with van der Waals surface area (Å²) in [5.41, 5.74) is 1.92. The molecule has 0 aliphatic heterocycles. The van der Waals surface area contributed by atoms with Crippen molar-refractivity contribution in [2.75, 3.05) is 6.61 Å². The molecule has 2 fully saturated rings. The number of allylic oxidation sites excluding steroid dienone is 1. The molecule has 1 nitrogen and oxygen atoms in total. The average molecular weight is 208 g/mol. The first-order valence-corrected chi connectivity index (χ1v) is 6.38. The van der Waals surface area contributed by atoms with Gasteiger partial charge in [-0.2, -0.15) is 0 Å². The zero-order valence-electron chi connectivity index (χ0n) is 10.1. The Kier molecular flexibility index (Phi) is 2.94. The third kappa shape index (κ3) is 1.65. The van der Waals surface area contributed by atoms with Crippen molar-refractivity contribution in [1.29, 1.82) is 0 Å². The summed E-state index contributed by atoms with van der Waals surface area (Å²) in [4.78, 5) is 0. The van der Waals surface area contributed by atoms with E-state index in [9.17, 15) is 5.11 Å². The Bertz CT molecular complexity index is 258. The highest BCUT2D eigenvalue weighted by Crippen LogP contribution is 2.58. The van der Waals surface area contributed by atoms with Gasteiger partial charge in [-0.15, -0.1) is 0 Å². The van der Waals surface area contributed by atoms with Crippen LogP contribution in [-0.2, 0) is 0 Å². The monoisotopic (exact) mass is 208 g/mol. The van der Waals surface area contributed by atoms with E-state index in [2.05, 4.69) is 20.4 Å². The fourth-order valence-corrected chi connectivity index (χ4v) is 4.23. The van der Waals surface area contributed by atoms with Crippen LogP contribution in [0, 0.1) is 23.2 Å². The van der Waals surface area contributed by atoms with Crippen LogP contribution < -0.4 is 0 Å². The molecule has 0 saturated heterocycles. The summed E-state index contributed by atoms with van der Waals surface area (Å²) in [6.07, 6.45) is 6.49. The molecule has 1 N–H and O–H groups in total. The number of hydrogen-bond acceptors (Lipinski definition) is 1. The Hall–Kier alpha value is -0.300. The molecule has 0 bridgehead atoms. The predicted octanol–water partition coefficient (Wildman–Crippen LogP) is 3.39. The van der Waals surface area contributed by atoms with Gasteiger partial charge in [0.05, 0.1) is 0 Å². The average Bonchev–Trinajstić information content (AvgIpc) is 2.56. The molecule has 0 spiro atoms. The summed E-state index contributed by atoms with van der Waals surface area (Å²) in [5.74, 6) is 1.92. The van der Waals surface area contributed by atoms with Crippen molar-refractivity contribution in [2.45, 2.75) is 46.0 Å². The molecular formula is C14H24O. The van der Waals surface area contributed by atoms with E-state index in [0.29, 0.717) is 23.9 Å². The smallest absolute Gasteiger partial charge is 0.0459 e. The number of aliphatic hydroxyl groups is 1. The van der Waals surface area contributed by atoms with Crippen molar-refractivity contribution in [1.82, 2.24) is 0 Å². The van der Waals surface area contributed by atoms with Crippen LogP contribution in [0.25, 0.3) is 0 Å². The van der Waals surface area contributed by atoms with Crippen molar-refractivity contribution in [3.05, 3.63) is 12.2 Å². The summed E-state index contributed by atoms with van der Waals surface area (Å²) in [5, 5.41) is 9.34. The topological polar surface area (TPSA) is 20.2 Å². The number of aliphatic hydroxyl groups excluding tert-OH is 1. The first-order valence-electron chi connectivity index (χ1n) is 6.38. The molecule has 2 saturated carbocycles. The molecule has 2 aliphatic carbocycles. The van der Waals surface area contributed by atoms with Crippen LogP contribution in [0.1, 0.15) is 46.0 Å². The summed E-state index contributed by atoms with van der Waals surface area (Å²) in [6.45, 7) is 9.25. The molecular weight excluding hydrogens is 184 g/mol. The fraction of sp³-hybridized carbons (Fsp3) is 0.857. The van der Waals surface area contributed by atoms with Gasteiger partial charge in [-0.1, -0.05) is 26.0 Å². The van der Waals surface area contributed by atoms with Gasteiger partial charge in [-0.25, -0.2) is 0 Å². The van der Waals surface area contributed by atoms with Crippen LogP contribution in [-0.4, -0.2) is 11.7 Å². The van der Waals surface area contributed by atoms with E-state index in [4.69, 9.17) is 0 Å². The van der Waals surface area contributed by atoms with Crippen LogP contribution in [0.2, 0.25) is 0 Å². The van der Waals surface area contributed by atoms with Gasteiger partial charge < -0.3 is 5.11 Å². The summed E-state index contributed by atoms with van der Waals surface area (Å²) in [7, 11) is 0. The van der Waals surface area contributed by atoms with E-state index < -0.39 is 0 Å². The molecule has 0 radical (unpaired) electrons. The van der Waals surface area contributed by atoms with Crippen molar-refractivity contribution >= 4 is 0 Å². The Morgan fingerprint density at radius 2 is 2.27 bits per heavy atom. The maximum absolute atomic E-state index is 9.34. The van der Waals surface area contributed by atoms with Gasteiger partial charge in [0.1, 0.15) is 0 Å². The maximum atomic E-state index is 9.34. The van der Waals surface area contributed by atoms with Crippen molar-refractivity contribution in [2.24, 2.45) is 23.2 Å². The van der Waals surface area contributed by atoms with Crippen LogP contribution >= 0.6 is 0 Å². The molecule has 1 heteroatoms. The van der Waals surface area contributed by atoms with Gasteiger partial charge >= 0.3 is 0 Å². The van der Waals surface area contributed by atoms with Gasteiger partial charge in [0.2, 0.25) is 0 Å². The van der Waals surface area contributed by atoms with Crippen LogP contribution in [0.4, 0.5) is 0 Å². The molecule has 0 aromatic carbocycles. The SMILES string of the molecule is C=C1CCC[C@]2(C)[C@@H]([C@H](C)CO)CC[C@@H]12. The van der Waals surface area contributed by atoms with E-state index in [1.165, 1.54) is 37.7 Å². The van der Waals surface area contributed by atoms with Crippen LogP contribution in [0.3, 0.4) is 0 Å². The molecule has 86 valence electrons. The minimum absolute atomic E-state index is 0.347. The summed E-state index contributed by atoms with van der Waals surface area (Å²) >= 11 is 0. The Morgan fingerprint density at radius 1 is 1.53 bits per heavy atom. The lowest BCUT2D eigenvalue weighted by Crippen LogP contribution is -2.36. The standard InChI is InChI=1S/C14H24O/c1-10-5-4-8-14(3)12(10)6-7-13(14)11(2)9-15/h11-13,15H,1,4-9H2,2-3H3/t11-,12+,13-,14+/m1/s1. The highest BCUT2D eigenvalue weighted by atomic mass is 16.3. The zero-order chi connectivity index (χ0) is 11.1. The minimum atomic E-state index is 0.347. The molecule has 15 heavy (non-hydrogen) atoms. The van der Waals surface area contributed by atoms with Crippen molar-refractivity contribution < 1.29 is 5.11 Å². The number of hydrogen-bond donors (Lipinski definition) is 1. The van der Waals surface area contributed by atoms with Crippen LogP contribution in [0.15, 0.2) is 12.2 Å². The predicted molar refractivity (Wildman–Crippen MR) is 63.6 cm³/mol. The molecule has 0 heterocycles. The molecule has 0 aromatic rings. The van der Waals surface area contributed by atoms with Gasteiger partial charge in [0.25, 0.3) is 0 Å². The van der Waals surface area contributed by atoms with E-state index in [0.717, 1.165) is 5.92 Å². The van der Waals surface area contributed by atoms with E-state index in [-0.39, 0.29) is 0 Å². The summed E-state index contributed by atoms with van der Waals surface area (Å²) < 4.78 is 0. The second-order valence-electron chi connectivity index (χ2n) is 5.91. The maximum Gasteiger partial charge on any atom is 0.0459 e. The Labute approximate surface area is 93.6 Å². The number of rotatable bonds is 2. The lowest BCUT2D eigenvalue weighted by atomic mass is 9.61. The van der Waals surface area contributed by atoms with Gasteiger partial charge in [-0.05, 0) is 55.3 Å². The van der Waals surface area contributed by atoms with Crippen molar-refractivity contribution in [3.63, 3.8) is 0 Å². The van der Waals surface area contributed by atoms with E-state index >= 15 is 0 Å². The lowest BCUT2D eigenvalue weighted by molar-refractivity contribution is 0.0692. The second kappa shape index (κ2) is 3.93. The molecule has 2 aliphatic rings. The second-order valence-corrected chi connectivity index (χ2v) is 5.91. The number of fused-ring (bicyclic) bond motifs is 1. The third-order valence-corrected chi connectivity index (χ3v) is 5.09. The quantitative estimate of drug-likeness (QED) is 0.690. The molecule has 0 amide bonds. The highest BCUT2D eigenvalue weighted by molar-refractivity contribution is 5.15. The van der Waals surface area contributed by atoms with E-state index in [1.54, 1.807) is 0 Å². The minimum Gasteiger partial charge on any atom is -0.396 e. The molecule has 2 rings (SSSR count). The first-order chi connectivity index (χ1) is 7.09. The fourth-order valence-electron chi connectivity index (χ4n) is 4.23. The molecule has 0 aromatic heterocycles. The molecule has 0 unspecified atom stereocenters. The molecule has 4 atom stereocenters. The van der Waals surface area contributed by atoms with Gasteiger partial charge in [0, 0.05) is 6.61 Å².